The molecule has 0 aliphatic heterocycles. The molecular weight excluding hydrogens is 290 g/mol. The van der Waals surface area contributed by atoms with Gasteiger partial charge in [0.25, 0.3) is 0 Å². The quantitative estimate of drug-likeness (QED) is 0.892. The first-order chi connectivity index (χ1) is 10.1. The van der Waals surface area contributed by atoms with Crippen molar-refractivity contribution in [3.05, 3.63) is 70.2 Å². The van der Waals surface area contributed by atoms with Gasteiger partial charge in [0.15, 0.2) is 0 Å². The summed E-state index contributed by atoms with van der Waals surface area (Å²) in [6, 6.07) is 13.7. The van der Waals surface area contributed by atoms with Crippen LogP contribution in [0, 0.1) is 0 Å². The highest BCUT2D eigenvalue weighted by Crippen LogP contribution is 2.14. The highest BCUT2D eigenvalue weighted by Gasteiger charge is 2.12. The third-order valence-electron chi connectivity index (χ3n) is 3.03. The Hall–Kier alpha value is -2.33. The van der Waals surface area contributed by atoms with E-state index in [1.807, 2.05) is 18.2 Å². The van der Waals surface area contributed by atoms with Gasteiger partial charge in [-0.3, -0.25) is 4.79 Å². The summed E-state index contributed by atoms with van der Waals surface area (Å²) in [6.07, 6.45) is 0.0208. The zero-order valence-corrected chi connectivity index (χ0v) is 11.9. The Balaban J connectivity index is 2.00. The lowest BCUT2D eigenvalue weighted by molar-refractivity contribution is -0.120. The summed E-state index contributed by atoms with van der Waals surface area (Å²) in [5.41, 5.74) is 1.45. The Kier molecular flexibility index (Phi) is 4.95. The fourth-order valence-corrected chi connectivity index (χ4v) is 2.16. The molecule has 1 amide bonds. The van der Waals surface area contributed by atoms with E-state index in [0.717, 1.165) is 5.56 Å². The van der Waals surface area contributed by atoms with E-state index in [2.05, 4.69) is 5.32 Å². The Labute approximate surface area is 127 Å². The molecule has 0 aromatic heterocycles. The summed E-state index contributed by atoms with van der Waals surface area (Å²) < 4.78 is 0. The van der Waals surface area contributed by atoms with Crippen LogP contribution >= 0.6 is 11.6 Å². The molecule has 0 fully saturated rings. The molecule has 0 saturated heterocycles. The molecule has 0 aliphatic carbocycles. The normalized spacial score (nSPS) is 10.1. The molecule has 0 aliphatic rings. The lowest BCUT2D eigenvalue weighted by Crippen LogP contribution is -2.25. The average Bonchev–Trinajstić information content (AvgIpc) is 2.47. The fraction of sp³-hybridized carbons (Fsp3) is 0.125. The van der Waals surface area contributed by atoms with Crippen LogP contribution in [0.1, 0.15) is 21.5 Å². The van der Waals surface area contributed by atoms with Crippen molar-refractivity contribution in [3.8, 4) is 0 Å². The van der Waals surface area contributed by atoms with Gasteiger partial charge in [0.2, 0.25) is 5.91 Å². The zero-order chi connectivity index (χ0) is 15.2. The third kappa shape index (κ3) is 4.07. The van der Waals surface area contributed by atoms with E-state index < -0.39 is 5.97 Å². The molecule has 0 unspecified atom stereocenters. The van der Waals surface area contributed by atoms with Crippen molar-refractivity contribution in [2.45, 2.75) is 13.0 Å². The van der Waals surface area contributed by atoms with Crippen LogP contribution in [0.4, 0.5) is 0 Å². The Morgan fingerprint density at radius 2 is 1.62 bits per heavy atom. The van der Waals surface area contributed by atoms with Crippen LogP contribution < -0.4 is 5.32 Å². The zero-order valence-electron chi connectivity index (χ0n) is 11.2. The van der Waals surface area contributed by atoms with E-state index in [9.17, 15) is 9.59 Å². The van der Waals surface area contributed by atoms with Gasteiger partial charge in [-0.15, -0.1) is 0 Å². The van der Waals surface area contributed by atoms with Crippen LogP contribution in [-0.4, -0.2) is 17.0 Å². The predicted molar refractivity (Wildman–Crippen MR) is 80.4 cm³/mol. The SMILES string of the molecule is O=C(Cc1ccccc1C(=O)O)NCc1ccccc1Cl. The van der Waals surface area contributed by atoms with Crippen molar-refractivity contribution in [1.29, 1.82) is 0 Å². The van der Waals surface area contributed by atoms with Crippen molar-refractivity contribution in [2.75, 3.05) is 0 Å². The smallest absolute Gasteiger partial charge is 0.335 e. The standard InChI is InChI=1S/C16H14ClNO3/c17-14-8-4-2-6-12(14)10-18-15(19)9-11-5-1-3-7-13(11)16(20)21/h1-8H,9-10H2,(H,18,19)(H,20,21). The van der Waals surface area contributed by atoms with Crippen molar-refractivity contribution in [3.63, 3.8) is 0 Å². The van der Waals surface area contributed by atoms with Crippen molar-refractivity contribution < 1.29 is 14.7 Å². The van der Waals surface area contributed by atoms with Crippen LogP contribution in [0.2, 0.25) is 5.02 Å². The maximum atomic E-state index is 11.9. The summed E-state index contributed by atoms with van der Waals surface area (Å²) in [6.45, 7) is 0.313. The summed E-state index contributed by atoms with van der Waals surface area (Å²) in [7, 11) is 0. The largest absolute Gasteiger partial charge is 0.478 e. The second-order valence-corrected chi connectivity index (χ2v) is 4.91. The van der Waals surface area contributed by atoms with Gasteiger partial charge in [0, 0.05) is 11.6 Å². The van der Waals surface area contributed by atoms with E-state index in [1.54, 1.807) is 24.3 Å². The second-order valence-electron chi connectivity index (χ2n) is 4.51. The summed E-state index contributed by atoms with van der Waals surface area (Å²) in [5.74, 6) is -1.28. The molecule has 0 spiro atoms. The van der Waals surface area contributed by atoms with Crippen LogP contribution in [-0.2, 0) is 17.8 Å². The van der Waals surface area contributed by atoms with Gasteiger partial charge in [-0.25, -0.2) is 4.79 Å². The monoisotopic (exact) mass is 303 g/mol. The van der Waals surface area contributed by atoms with Crippen LogP contribution in [0.3, 0.4) is 0 Å². The van der Waals surface area contributed by atoms with Gasteiger partial charge >= 0.3 is 5.97 Å². The Morgan fingerprint density at radius 3 is 2.29 bits per heavy atom. The molecule has 2 aromatic carbocycles. The number of hydrogen-bond donors (Lipinski definition) is 2. The number of carboxylic acid groups (broad SMARTS) is 1. The van der Waals surface area contributed by atoms with Crippen LogP contribution in [0.5, 0.6) is 0 Å². The van der Waals surface area contributed by atoms with Crippen molar-refractivity contribution >= 4 is 23.5 Å². The molecule has 5 heteroatoms. The first kappa shape index (κ1) is 15.1. The maximum Gasteiger partial charge on any atom is 0.335 e. The summed E-state index contributed by atoms with van der Waals surface area (Å²) in [5, 5.41) is 12.4. The van der Waals surface area contributed by atoms with Gasteiger partial charge in [-0.1, -0.05) is 48.0 Å². The number of benzene rings is 2. The van der Waals surface area contributed by atoms with Gasteiger partial charge in [0.05, 0.1) is 12.0 Å². The number of hydrogen-bond acceptors (Lipinski definition) is 2. The number of nitrogens with one attached hydrogen (secondary N) is 1. The molecule has 0 bridgehead atoms. The molecule has 2 aromatic rings. The number of carboxylic acids is 1. The van der Waals surface area contributed by atoms with E-state index in [0.29, 0.717) is 17.1 Å². The first-order valence-corrected chi connectivity index (χ1v) is 6.77. The first-order valence-electron chi connectivity index (χ1n) is 6.39. The van der Waals surface area contributed by atoms with Crippen molar-refractivity contribution in [1.82, 2.24) is 5.32 Å². The fourth-order valence-electron chi connectivity index (χ4n) is 1.95. The van der Waals surface area contributed by atoms with Gasteiger partial charge in [-0.2, -0.15) is 0 Å². The van der Waals surface area contributed by atoms with E-state index in [1.165, 1.54) is 6.07 Å². The molecule has 4 nitrogen and oxygen atoms in total. The highest BCUT2D eigenvalue weighted by molar-refractivity contribution is 6.31. The number of halogens is 1. The summed E-state index contributed by atoms with van der Waals surface area (Å²) >= 11 is 6.01. The molecule has 21 heavy (non-hydrogen) atoms. The average molecular weight is 304 g/mol. The van der Waals surface area contributed by atoms with E-state index in [4.69, 9.17) is 16.7 Å². The topological polar surface area (TPSA) is 66.4 Å². The molecule has 108 valence electrons. The predicted octanol–water partition coefficient (Wildman–Crippen LogP) is 2.90. The minimum Gasteiger partial charge on any atom is -0.478 e. The number of carbonyl (C=O) groups is 2. The third-order valence-corrected chi connectivity index (χ3v) is 3.40. The van der Waals surface area contributed by atoms with Crippen LogP contribution in [0.15, 0.2) is 48.5 Å². The highest BCUT2D eigenvalue weighted by atomic mass is 35.5. The van der Waals surface area contributed by atoms with Crippen LogP contribution in [0.25, 0.3) is 0 Å². The minimum atomic E-state index is -1.04. The van der Waals surface area contributed by atoms with Gasteiger partial charge < -0.3 is 10.4 Å². The van der Waals surface area contributed by atoms with Gasteiger partial charge in [-0.05, 0) is 23.3 Å². The second kappa shape index (κ2) is 6.90. The Morgan fingerprint density at radius 1 is 1.00 bits per heavy atom. The lowest BCUT2D eigenvalue weighted by atomic mass is 10.0. The molecule has 0 heterocycles. The molecule has 0 saturated carbocycles. The molecular formula is C16H14ClNO3. The molecule has 2 rings (SSSR count). The number of rotatable bonds is 5. The lowest BCUT2D eigenvalue weighted by Gasteiger charge is -2.08. The molecule has 0 radical (unpaired) electrons. The number of aromatic carboxylic acids is 1. The van der Waals surface area contributed by atoms with Gasteiger partial charge in [0.1, 0.15) is 0 Å². The maximum absolute atomic E-state index is 11.9. The Bertz CT molecular complexity index is 670. The minimum absolute atomic E-state index is 0.0208. The number of amides is 1. The summed E-state index contributed by atoms with van der Waals surface area (Å²) in [4.78, 5) is 23.0. The molecule has 0 atom stereocenters. The van der Waals surface area contributed by atoms with E-state index in [-0.39, 0.29) is 17.9 Å². The van der Waals surface area contributed by atoms with E-state index >= 15 is 0 Å². The van der Waals surface area contributed by atoms with Crippen molar-refractivity contribution in [2.24, 2.45) is 0 Å². The molecule has 2 N–H and O–H groups in total. The number of carbonyl (C=O) groups excluding carboxylic acids is 1.